The molecule has 1 aromatic heterocycles. The van der Waals surface area contributed by atoms with E-state index in [1.54, 1.807) is 0 Å². The molecule has 3 unspecified atom stereocenters. The van der Waals surface area contributed by atoms with Gasteiger partial charge >= 0.3 is 11.9 Å². The van der Waals surface area contributed by atoms with Gasteiger partial charge in [0.2, 0.25) is 11.8 Å². The number of nitrogens with zero attached hydrogens (tertiary/aromatic N) is 1. The van der Waals surface area contributed by atoms with Gasteiger partial charge in [0.15, 0.2) is 0 Å². The first-order chi connectivity index (χ1) is 12.2. The highest BCUT2D eigenvalue weighted by atomic mass is 32.1. The summed E-state index contributed by atoms with van der Waals surface area (Å²) in [6.07, 6.45) is 2.11. The summed E-state index contributed by atoms with van der Waals surface area (Å²) in [5, 5.41) is 22.7. The van der Waals surface area contributed by atoms with Crippen LogP contribution in [-0.4, -0.2) is 67.8 Å². The topological polar surface area (TPSA) is 188 Å². The molecule has 0 aliphatic carbocycles. The van der Waals surface area contributed by atoms with Crippen molar-refractivity contribution >= 4 is 36.4 Å². The quantitative estimate of drug-likeness (QED) is 0.215. The molecule has 0 spiro atoms. The zero-order valence-electron chi connectivity index (χ0n) is 13.7. The van der Waals surface area contributed by atoms with Crippen LogP contribution in [0.3, 0.4) is 0 Å². The van der Waals surface area contributed by atoms with Gasteiger partial charge in [-0.1, -0.05) is 0 Å². The first-order valence-corrected chi connectivity index (χ1v) is 8.26. The lowest BCUT2D eigenvalue weighted by molar-refractivity contribution is -0.143. The average molecular weight is 387 g/mol. The average Bonchev–Trinajstić information content (AvgIpc) is 3.09. The number of nitrogens with two attached hydrogens (primary N) is 1. The van der Waals surface area contributed by atoms with Crippen molar-refractivity contribution in [1.29, 1.82) is 0 Å². The molecule has 144 valence electrons. The number of carboxylic acid groups (broad SMARTS) is 2. The highest BCUT2D eigenvalue weighted by Gasteiger charge is 2.28. The van der Waals surface area contributed by atoms with Crippen molar-refractivity contribution in [3.05, 3.63) is 18.2 Å². The maximum atomic E-state index is 12.4. The second-order valence-corrected chi connectivity index (χ2v) is 5.83. The van der Waals surface area contributed by atoms with E-state index >= 15 is 0 Å². The number of nitrogens with one attached hydrogen (secondary N) is 3. The molecule has 3 atom stereocenters. The van der Waals surface area contributed by atoms with Crippen LogP contribution in [0.15, 0.2) is 12.5 Å². The predicted octanol–water partition coefficient (Wildman–Crippen LogP) is -1.87. The van der Waals surface area contributed by atoms with Gasteiger partial charge in [0.05, 0.1) is 12.4 Å². The molecule has 0 bridgehead atoms. The van der Waals surface area contributed by atoms with Crippen LogP contribution in [0.1, 0.15) is 18.5 Å². The van der Waals surface area contributed by atoms with E-state index in [9.17, 15) is 24.3 Å². The molecule has 2 amide bonds. The molecule has 0 fully saturated rings. The van der Waals surface area contributed by atoms with Gasteiger partial charge in [-0.15, -0.1) is 0 Å². The summed E-state index contributed by atoms with van der Waals surface area (Å²) in [5.74, 6) is -3.94. The van der Waals surface area contributed by atoms with Crippen molar-refractivity contribution in [1.82, 2.24) is 20.6 Å². The number of aliphatic carboxylic acids is 2. The largest absolute Gasteiger partial charge is 0.481 e. The van der Waals surface area contributed by atoms with Crippen molar-refractivity contribution in [3.8, 4) is 0 Å². The van der Waals surface area contributed by atoms with Crippen LogP contribution in [0.5, 0.6) is 0 Å². The van der Waals surface area contributed by atoms with Crippen LogP contribution in [0.25, 0.3) is 0 Å². The Morgan fingerprint density at radius 2 is 1.85 bits per heavy atom. The summed E-state index contributed by atoms with van der Waals surface area (Å²) in [4.78, 5) is 52.9. The number of thiol groups is 1. The van der Waals surface area contributed by atoms with Crippen LogP contribution in [0, 0.1) is 0 Å². The van der Waals surface area contributed by atoms with Crippen LogP contribution in [0.2, 0.25) is 0 Å². The first-order valence-electron chi connectivity index (χ1n) is 7.63. The van der Waals surface area contributed by atoms with Crippen molar-refractivity contribution in [2.24, 2.45) is 5.73 Å². The fourth-order valence-electron chi connectivity index (χ4n) is 1.99. The zero-order valence-corrected chi connectivity index (χ0v) is 14.6. The molecule has 1 rings (SSSR count). The summed E-state index contributed by atoms with van der Waals surface area (Å²) in [6, 6.07) is -3.52. The van der Waals surface area contributed by atoms with Gasteiger partial charge in [-0.25, -0.2) is 9.78 Å². The molecular formula is C14H21N5O6S. The number of imidazole rings is 1. The van der Waals surface area contributed by atoms with Gasteiger partial charge in [-0.2, -0.15) is 12.6 Å². The Kier molecular flexibility index (Phi) is 8.58. The molecule has 0 saturated heterocycles. The molecule has 12 heteroatoms. The van der Waals surface area contributed by atoms with Crippen LogP contribution in [-0.2, 0) is 25.6 Å². The number of hydrogen-bond donors (Lipinski definition) is 7. The smallest absolute Gasteiger partial charge is 0.326 e. The van der Waals surface area contributed by atoms with Gasteiger partial charge in [-0.05, 0) is 6.42 Å². The summed E-state index contributed by atoms with van der Waals surface area (Å²) < 4.78 is 0. The number of carbonyl (C=O) groups is 4. The molecule has 0 radical (unpaired) electrons. The third-order valence-electron chi connectivity index (χ3n) is 3.41. The monoisotopic (exact) mass is 387 g/mol. The second kappa shape index (κ2) is 10.4. The van der Waals surface area contributed by atoms with Gasteiger partial charge in [0, 0.05) is 30.5 Å². The van der Waals surface area contributed by atoms with E-state index in [0.717, 1.165) is 0 Å². The number of carboxylic acids is 2. The molecule has 7 N–H and O–H groups in total. The zero-order chi connectivity index (χ0) is 19.7. The Morgan fingerprint density at radius 1 is 1.19 bits per heavy atom. The third-order valence-corrected chi connectivity index (χ3v) is 3.80. The number of hydrogen-bond acceptors (Lipinski definition) is 7. The maximum Gasteiger partial charge on any atom is 0.326 e. The van der Waals surface area contributed by atoms with Crippen molar-refractivity contribution in [2.45, 2.75) is 37.4 Å². The summed E-state index contributed by atoms with van der Waals surface area (Å²) in [7, 11) is 0. The molecule has 0 aromatic carbocycles. The van der Waals surface area contributed by atoms with Gasteiger partial charge < -0.3 is 31.6 Å². The molecule has 0 aliphatic rings. The van der Waals surface area contributed by atoms with Gasteiger partial charge in [-0.3, -0.25) is 14.4 Å². The minimum atomic E-state index is -1.29. The van der Waals surface area contributed by atoms with Crippen molar-refractivity contribution < 1.29 is 29.4 Å². The number of aromatic nitrogens is 2. The fourth-order valence-corrected chi connectivity index (χ4v) is 2.15. The van der Waals surface area contributed by atoms with Crippen LogP contribution < -0.4 is 16.4 Å². The number of aromatic amines is 1. The highest BCUT2D eigenvalue weighted by molar-refractivity contribution is 7.80. The van der Waals surface area contributed by atoms with Crippen LogP contribution in [0.4, 0.5) is 0 Å². The Labute approximate surface area is 154 Å². The summed E-state index contributed by atoms with van der Waals surface area (Å²) in [5.41, 5.74) is 6.01. The third kappa shape index (κ3) is 7.11. The lowest BCUT2D eigenvalue weighted by Crippen LogP contribution is -2.55. The van der Waals surface area contributed by atoms with Gasteiger partial charge in [0.25, 0.3) is 0 Å². The Bertz CT molecular complexity index is 638. The highest BCUT2D eigenvalue weighted by Crippen LogP contribution is 2.03. The second-order valence-electron chi connectivity index (χ2n) is 5.46. The number of rotatable bonds is 11. The maximum absolute atomic E-state index is 12.4. The molecule has 1 heterocycles. The normalized spacial score (nSPS) is 14.1. The summed E-state index contributed by atoms with van der Waals surface area (Å²) >= 11 is 3.88. The summed E-state index contributed by atoms with van der Waals surface area (Å²) in [6.45, 7) is 0. The van der Waals surface area contributed by atoms with Crippen LogP contribution >= 0.6 is 12.6 Å². The molecule has 26 heavy (non-hydrogen) atoms. The first kappa shape index (κ1) is 21.4. The number of carbonyl (C=O) groups excluding carboxylic acids is 2. The SMILES string of the molecule is NC(CS)C(=O)NC(CCC(=O)O)C(=O)NC(Cc1cnc[nH]1)C(=O)O. The predicted molar refractivity (Wildman–Crippen MR) is 92.5 cm³/mol. The molecular weight excluding hydrogens is 366 g/mol. The van der Waals surface area contributed by atoms with E-state index in [0.29, 0.717) is 5.69 Å². The number of H-pyrrole nitrogens is 1. The fraction of sp³-hybridized carbons (Fsp3) is 0.500. The Hall–Kier alpha value is -2.60. The van der Waals surface area contributed by atoms with E-state index in [2.05, 4.69) is 33.2 Å². The van der Waals surface area contributed by atoms with E-state index in [1.807, 2.05) is 0 Å². The lowest BCUT2D eigenvalue weighted by atomic mass is 10.1. The molecule has 0 saturated carbocycles. The van der Waals surface area contributed by atoms with E-state index in [-0.39, 0.29) is 18.6 Å². The van der Waals surface area contributed by atoms with Gasteiger partial charge in [0.1, 0.15) is 12.1 Å². The minimum absolute atomic E-state index is 0.0245. The van der Waals surface area contributed by atoms with E-state index in [4.69, 9.17) is 10.8 Å². The van der Waals surface area contributed by atoms with Crippen molar-refractivity contribution in [2.75, 3.05) is 5.75 Å². The van der Waals surface area contributed by atoms with Crippen molar-refractivity contribution in [3.63, 3.8) is 0 Å². The Morgan fingerprint density at radius 3 is 2.35 bits per heavy atom. The number of amides is 2. The Balaban J connectivity index is 2.81. The molecule has 1 aromatic rings. The minimum Gasteiger partial charge on any atom is -0.481 e. The standard InChI is InChI=1S/C14H21N5O6S/c15-8(5-26)12(22)18-9(1-2-11(20)21)13(23)19-10(14(24)25)3-7-4-16-6-17-7/h4,6,8-10,26H,1-3,5,15H2,(H,16,17)(H,18,22)(H,19,23)(H,20,21)(H,24,25). The molecule has 11 nitrogen and oxygen atoms in total. The molecule has 0 aliphatic heterocycles. The lowest BCUT2D eigenvalue weighted by Gasteiger charge is -2.22. The van der Waals surface area contributed by atoms with E-state index in [1.165, 1.54) is 12.5 Å². The van der Waals surface area contributed by atoms with E-state index < -0.39 is 48.3 Å².